The zero-order valence-electron chi connectivity index (χ0n) is 12.1. The van der Waals surface area contributed by atoms with Gasteiger partial charge in [-0.2, -0.15) is 5.10 Å². The van der Waals surface area contributed by atoms with Crippen molar-refractivity contribution in [1.82, 2.24) is 15.1 Å². The highest BCUT2D eigenvalue weighted by atomic mass is 79.9. The maximum absolute atomic E-state index is 12.1. The van der Waals surface area contributed by atoms with E-state index in [1.54, 1.807) is 42.3 Å². The summed E-state index contributed by atoms with van der Waals surface area (Å²) in [6, 6.07) is 7.20. The monoisotopic (exact) mass is 382 g/mol. The fraction of sp³-hybridized carbons (Fsp3) is 0.214. The van der Waals surface area contributed by atoms with E-state index in [-0.39, 0.29) is 11.0 Å². The van der Waals surface area contributed by atoms with Crippen molar-refractivity contribution in [3.8, 4) is 5.75 Å². The molecule has 2 rings (SSSR count). The number of carbonyl (C=O) groups excluding carboxylic acids is 1. The van der Waals surface area contributed by atoms with Crippen molar-refractivity contribution in [3.63, 3.8) is 0 Å². The molecule has 1 amide bonds. The SMILES string of the molecule is CCn1cc(Br)c(C(=O)NC(=S)Nc2ccc(OC)cc2)n1. The number of nitrogens with one attached hydrogen (secondary N) is 2. The first-order valence-corrected chi connectivity index (χ1v) is 7.73. The Morgan fingerprint density at radius 2 is 2.09 bits per heavy atom. The Morgan fingerprint density at radius 3 is 2.64 bits per heavy atom. The van der Waals surface area contributed by atoms with Gasteiger partial charge in [-0.25, -0.2) is 0 Å². The molecule has 1 aromatic carbocycles. The molecule has 6 nitrogen and oxygen atoms in total. The van der Waals surface area contributed by atoms with E-state index in [0.717, 1.165) is 11.4 Å². The van der Waals surface area contributed by atoms with Crippen molar-refractivity contribution in [2.45, 2.75) is 13.5 Å². The summed E-state index contributed by atoms with van der Waals surface area (Å²) in [6.45, 7) is 2.62. The van der Waals surface area contributed by atoms with Crippen molar-refractivity contribution in [2.24, 2.45) is 0 Å². The van der Waals surface area contributed by atoms with Crippen LogP contribution >= 0.6 is 28.1 Å². The maximum atomic E-state index is 12.1. The topological polar surface area (TPSA) is 68.2 Å². The molecule has 0 atom stereocenters. The minimum Gasteiger partial charge on any atom is -0.497 e. The van der Waals surface area contributed by atoms with Crippen LogP contribution in [-0.2, 0) is 6.54 Å². The van der Waals surface area contributed by atoms with Gasteiger partial charge in [0.25, 0.3) is 5.91 Å². The van der Waals surface area contributed by atoms with Crippen LogP contribution in [0.25, 0.3) is 0 Å². The second kappa shape index (κ2) is 7.37. The second-order valence-corrected chi connectivity index (χ2v) is 5.58. The van der Waals surface area contributed by atoms with Crippen LogP contribution in [0, 0.1) is 0 Å². The highest BCUT2D eigenvalue weighted by Crippen LogP contribution is 2.16. The number of ether oxygens (including phenoxy) is 1. The third-order valence-electron chi connectivity index (χ3n) is 2.83. The Bertz CT molecular complexity index is 685. The standard InChI is InChI=1S/C14H15BrN4O2S/c1-3-19-8-11(15)12(18-19)13(20)17-14(22)16-9-4-6-10(21-2)7-5-9/h4-8H,3H2,1-2H3,(H2,16,17,20,22). The average molecular weight is 383 g/mol. The summed E-state index contributed by atoms with van der Waals surface area (Å²) >= 11 is 8.44. The minimum absolute atomic E-state index is 0.202. The number of rotatable bonds is 4. The third-order valence-corrected chi connectivity index (χ3v) is 3.62. The zero-order chi connectivity index (χ0) is 16.1. The van der Waals surface area contributed by atoms with Gasteiger partial charge in [-0.3, -0.25) is 14.8 Å². The largest absolute Gasteiger partial charge is 0.497 e. The lowest BCUT2D eigenvalue weighted by molar-refractivity contribution is 0.0971. The summed E-state index contributed by atoms with van der Waals surface area (Å²) in [5.74, 6) is 0.375. The molecular weight excluding hydrogens is 368 g/mol. The Hall–Kier alpha value is -1.93. The molecule has 0 aliphatic carbocycles. The molecule has 0 saturated carbocycles. The quantitative estimate of drug-likeness (QED) is 0.795. The number of amides is 1. The molecule has 1 heterocycles. The molecule has 0 aliphatic rings. The normalized spacial score (nSPS) is 10.1. The predicted molar refractivity (Wildman–Crippen MR) is 92.3 cm³/mol. The Morgan fingerprint density at radius 1 is 1.41 bits per heavy atom. The number of thiocarbonyl (C=S) groups is 1. The summed E-state index contributed by atoms with van der Waals surface area (Å²) < 4.78 is 7.37. The van der Waals surface area contributed by atoms with Crippen LogP contribution in [0.3, 0.4) is 0 Å². The van der Waals surface area contributed by atoms with E-state index in [4.69, 9.17) is 17.0 Å². The fourth-order valence-electron chi connectivity index (χ4n) is 1.71. The van der Waals surface area contributed by atoms with Gasteiger partial charge in [0, 0.05) is 18.4 Å². The Balaban J connectivity index is 1.98. The van der Waals surface area contributed by atoms with Gasteiger partial charge in [-0.05, 0) is 59.3 Å². The third kappa shape index (κ3) is 4.05. The van der Waals surface area contributed by atoms with Crippen LogP contribution in [-0.4, -0.2) is 27.9 Å². The number of nitrogens with zero attached hydrogens (tertiary/aromatic N) is 2. The lowest BCUT2D eigenvalue weighted by Crippen LogP contribution is -2.34. The highest BCUT2D eigenvalue weighted by Gasteiger charge is 2.16. The van der Waals surface area contributed by atoms with Gasteiger partial charge in [-0.1, -0.05) is 0 Å². The predicted octanol–water partition coefficient (Wildman–Crippen LogP) is 2.80. The van der Waals surface area contributed by atoms with E-state index >= 15 is 0 Å². The van der Waals surface area contributed by atoms with Crippen molar-refractivity contribution in [3.05, 3.63) is 40.6 Å². The first-order chi connectivity index (χ1) is 10.5. The van der Waals surface area contributed by atoms with Gasteiger partial charge in [0.05, 0.1) is 11.6 Å². The molecule has 0 aliphatic heterocycles. The molecular formula is C14H15BrN4O2S. The summed E-state index contributed by atoms with van der Waals surface area (Å²) in [4.78, 5) is 12.1. The number of hydrogen-bond donors (Lipinski definition) is 2. The van der Waals surface area contributed by atoms with Crippen LogP contribution in [0.2, 0.25) is 0 Å². The lowest BCUT2D eigenvalue weighted by atomic mass is 10.3. The van der Waals surface area contributed by atoms with E-state index < -0.39 is 0 Å². The summed E-state index contributed by atoms with van der Waals surface area (Å²) in [7, 11) is 1.60. The Labute approximate surface area is 142 Å². The van der Waals surface area contributed by atoms with Gasteiger partial charge in [0.1, 0.15) is 5.75 Å². The van der Waals surface area contributed by atoms with Crippen molar-refractivity contribution in [1.29, 1.82) is 0 Å². The average Bonchev–Trinajstić information content (AvgIpc) is 2.89. The van der Waals surface area contributed by atoms with Gasteiger partial charge in [0.15, 0.2) is 10.8 Å². The zero-order valence-corrected chi connectivity index (χ0v) is 14.5. The number of aromatic nitrogens is 2. The molecule has 0 spiro atoms. The van der Waals surface area contributed by atoms with Crippen LogP contribution in [0.15, 0.2) is 34.9 Å². The van der Waals surface area contributed by atoms with Gasteiger partial charge >= 0.3 is 0 Å². The van der Waals surface area contributed by atoms with Gasteiger partial charge in [-0.15, -0.1) is 0 Å². The maximum Gasteiger partial charge on any atom is 0.279 e. The minimum atomic E-state index is -0.370. The molecule has 1 aromatic heterocycles. The van der Waals surface area contributed by atoms with E-state index in [1.807, 2.05) is 6.92 Å². The number of aryl methyl sites for hydroxylation is 1. The Kier molecular flexibility index (Phi) is 5.51. The lowest BCUT2D eigenvalue weighted by Gasteiger charge is -2.09. The second-order valence-electron chi connectivity index (χ2n) is 4.32. The van der Waals surface area contributed by atoms with E-state index in [2.05, 4.69) is 31.7 Å². The molecule has 8 heteroatoms. The van der Waals surface area contributed by atoms with E-state index in [9.17, 15) is 4.79 Å². The summed E-state index contributed by atoms with van der Waals surface area (Å²) in [5.41, 5.74) is 1.05. The van der Waals surface area contributed by atoms with Gasteiger partial charge < -0.3 is 10.1 Å². The number of anilines is 1. The number of halogens is 1. The van der Waals surface area contributed by atoms with E-state index in [0.29, 0.717) is 16.7 Å². The first kappa shape index (κ1) is 16.4. The molecule has 0 bridgehead atoms. The van der Waals surface area contributed by atoms with Crippen LogP contribution in [0.5, 0.6) is 5.75 Å². The van der Waals surface area contributed by atoms with Crippen molar-refractivity contribution in [2.75, 3.05) is 12.4 Å². The number of carbonyl (C=O) groups is 1. The smallest absolute Gasteiger partial charge is 0.279 e. The van der Waals surface area contributed by atoms with Crippen molar-refractivity contribution >= 4 is 44.9 Å². The molecule has 0 unspecified atom stereocenters. The molecule has 2 aromatic rings. The van der Waals surface area contributed by atoms with E-state index in [1.165, 1.54) is 0 Å². The molecule has 0 radical (unpaired) electrons. The molecule has 2 N–H and O–H groups in total. The van der Waals surface area contributed by atoms with Gasteiger partial charge in [0.2, 0.25) is 0 Å². The summed E-state index contributed by atoms with van der Waals surface area (Å²) in [5, 5.41) is 9.89. The summed E-state index contributed by atoms with van der Waals surface area (Å²) in [6.07, 6.45) is 1.74. The van der Waals surface area contributed by atoms with Crippen molar-refractivity contribution < 1.29 is 9.53 Å². The fourth-order valence-corrected chi connectivity index (χ4v) is 2.42. The molecule has 116 valence electrons. The molecule has 22 heavy (non-hydrogen) atoms. The molecule has 0 saturated heterocycles. The number of benzene rings is 1. The number of hydrogen-bond acceptors (Lipinski definition) is 4. The van der Waals surface area contributed by atoms with Crippen LogP contribution in [0.4, 0.5) is 5.69 Å². The number of methoxy groups -OCH3 is 1. The first-order valence-electron chi connectivity index (χ1n) is 6.52. The van der Waals surface area contributed by atoms with Crippen LogP contribution in [0.1, 0.15) is 17.4 Å². The highest BCUT2D eigenvalue weighted by molar-refractivity contribution is 9.10. The van der Waals surface area contributed by atoms with Crippen LogP contribution < -0.4 is 15.4 Å². The molecule has 0 fully saturated rings.